The van der Waals surface area contributed by atoms with Gasteiger partial charge in [0.2, 0.25) is 0 Å². The lowest BCUT2D eigenvalue weighted by atomic mass is 10.1. The van der Waals surface area contributed by atoms with E-state index < -0.39 is 0 Å². The molecule has 0 saturated heterocycles. The van der Waals surface area contributed by atoms with Crippen LogP contribution >= 0.6 is 0 Å². The van der Waals surface area contributed by atoms with Gasteiger partial charge < -0.3 is 5.32 Å². The van der Waals surface area contributed by atoms with E-state index in [2.05, 4.69) is 15.5 Å². The predicted octanol–water partition coefficient (Wildman–Crippen LogP) is 3.30. The summed E-state index contributed by atoms with van der Waals surface area (Å²) >= 11 is 0. The van der Waals surface area contributed by atoms with E-state index in [0.717, 1.165) is 11.1 Å². The lowest BCUT2D eigenvalue weighted by molar-refractivity contribution is 0.0931. The normalized spacial score (nSPS) is 11.9. The minimum absolute atomic E-state index is 0.108. The summed E-state index contributed by atoms with van der Waals surface area (Å²) in [6.07, 6.45) is 7.29. The van der Waals surface area contributed by atoms with E-state index in [1.165, 1.54) is 0 Å². The van der Waals surface area contributed by atoms with Gasteiger partial charge in [-0.25, -0.2) is 0 Å². The number of nitrogens with one attached hydrogen (secondary N) is 1. The summed E-state index contributed by atoms with van der Waals surface area (Å²) in [4.78, 5) is 12.9. The quantitative estimate of drug-likeness (QED) is 0.542. The van der Waals surface area contributed by atoms with Crippen molar-refractivity contribution >= 4 is 5.91 Å². The summed E-state index contributed by atoms with van der Waals surface area (Å²) < 4.78 is 3.66. The Morgan fingerprint density at radius 3 is 2.36 bits per heavy atom. The van der Waals surface area contributed by atoms with Crippen LogP contribution < -0.4 is 5.32 Å². The number of amides is 1. The standard InChI is InChI=1S/C22H21N5O/c28-22(20-10-4-7-18(15-20)16-26-13-5-11-23-26)25-21(17-27-14-6-12-24-27)19-8-2-1-3-9-19/h1-15,21H,16-17H2,(H,25,28)/t21-/m0/s1. The molecule has 0 aliphatic rings. The van der Waals surface area contributed by atoms with Gasteiger partial charge in [-0.2, -0.15) is 10.2 Å². The lowest BCUT2D eigenvalue weighted by Crippen LogP contribution is -2.31. The van der Waals surface area contributed by atoms with Crippen LogP contribution in [0, 0.1) is 0 Å². The molecular formula is C22H21N5O. The van der Waals surface area contributed by atoms with Gasteiger partial charge >= 0.3 is 0 Å². The Morgan fingerprint density at radius 2 is 1.64 bits per heavy atom. The summed E-state index contributed by atoms with van der Waals surface area (Å²) in [7, 11) is 0. The van der Waals surface area contributed by atoms with E-state index in [1.807, 2.05) is 88.5 Å². The van der Waals surface area contributed by atoms with Crippen molar-refractivity contribution in [2.75, 3.05) is 0 Å². The molecule has 0 aliphatic heterocycles. The zero-order valence-corrected chi connectivity index (χ0v) is 15.3. The second-order valence-electron chi connectivity index (χ2n) is 6.57. The Hall–Kier alpha value is -3.67. The Morgan fingerprint density at radius 1 is 0.893 bits per heavy atom. The molecular weight excluding hydrogens is 350 g/mol. The van der Waals surface area contributed by atoms with Gasteiger partial charge in [0.15, 0.2) is 0 Å². The monoisotopic (exact) mass is 371 g/mol. The molecule has 0 unspecified atom stereocenters. The third kappa shape index (κ3) is 4.35. The minimum Gasteiger partial charge on any atom is -0.343 e. The summed E-state index contributed by atoms with van der Waals surface area (Å²) in [6.45, 7) is 1.19. The Labute approximate surface area is 163 Å². The molecule has 0 fully saturated rings. The zero-order valence-electron chi connectivity index (χ0n) is 15.3. The third-order valence-electron chi connectivity index (χ3n) is 4.53. The Balaban J connectivity index is 1.52. The van der Waals surface area contributed by atoms with Crippen LogP contribution in [-0.2, 0) is 13.1 Å². The maximum atomic E-state index is 12.9. The van der Waals surface area contributed by atoms with Gasteiger partial charge in [-0.15, -0.1) is 0 Å². The van der Waals surface area contributed by atoms with Crippen LogP contribution in [-0.4, -0.2) is 25.5 Å². The van der Waals surface area contributed by atoms with Crippen LogP contribution in [0.4, 0.5) is 0 Å². The van der Waals surface area contributed by atoms with Crippen LogP contribution in [0.3, 0.4) is 0 Å². The van der Waals surface area contributed by atoms with Gasteiger partial charge in [-0.1, -0.05) is 42.5 Å². The van der Waals surface area contributed by atoms with E-state index >= 15 is 0 Å². The van der Waals surface area contributed by atoms with Gasteiger partial charge in [0.1, 0.15) is 0 Å². The molecule has 28 heavy (non-hydrogen) atoms. The molecule has 0 spiro atoms. The molecule has 140 valence electrons. The number of hydrogen-bond acceptors (Lipinski definition) is 3. The highest BCUT2D eigenvalue weighted by atomic mass is 16.1. The van der Waals surface area contributed by atoms with Gasteiger partial charge in [-0.3, -0.25) is 14.2 Å². The maximum absolute atomic E-state index is 12.9. The number of rotatable bonds is 7. The third-order valence-corrected chi connectivity index (χ3v) is 4.53. The molecule has 0 saturated carbocycles. The minimum atomic E-state index is -0.177. The second kappa shape index (κ2) is 8.35. The van der Waals surface area contributed by atoms with Crippen molar-refractivity contribution in [3.8, 4) is 0 Å². The van der Waals surface area contributed by atoms with E-state index in [4.69, 9.17) is 0 Å². The maximum Gasteiger partial charge on any atom is 0.251 e. The molecule has 1 N–H and O–H groups in total. The number of hydrogen-bond donors (Lipinski definition) is 1. The van der Waals surface area contributed by atoms with Crippen molar-refractivity contribution in [1.82, 2.24) is 24.9 Å². The van der Waals surface area contributed by atoms with Crippen LogP contribution in [0.2, 0.25) is 0 Å². The second-order valence-corrected chi connectivity index (χ2v) is 6.57. The predicted molar refractivity (Wildman–Crippen MR) is 107 cm³/mol. The van der Waals surface area contributed by atoms with Gasteiger partial charge in [0.25, 0.3) is 5.91 Å². The summed E-state index contributed by atoms with van der Waals surface area (Å²) in [5.74, 6) is -0.108. The van der Waals surface area contributed by atoms with Crippen molar-refractivity contribution < 1.29 is 4.79 Å². The van der Waals surface area contributed by atoms with Crippen LogP contribution in [0.25, 0.3) is 0 Å². The first-order valence-electron chi connectivity index (χ1n) is 9.17. The molecule has 6 nitrogen and oxygen atoms in total. The molecule has 2 heterocycles. The van der Waals surface area contributed by atoms with E-state index in [9.17, 15) is 4.79 Å². The smallest absolute Gasteiger partial charge is 0.251 e. The average molecular weight is 371 g/mol. The molecule has 6 heteroatoms. The van der Waals surface area contributed by atoms with Crippen LogP contribution in [0.1, 0.15) is 27.5 Å². The van der Waals surface area contributed by atoms with Gasteiger partial charge in [0, 0.05) is 30.4 Å². The molecule has 0 aliphatic carbocycles. The molecule has 4 aromatic rings. The van der Waals surface area contributed by atoms with Crippen molar-refractivity contribution in [3.63, 3.8) is 0 Å². The van der Waals surface area contributed by atoms with Crippen LogP contribution in [0.5, 0.6) is 0 Å². The fourth-order valence-corrected chi connectivity index (χ4v) is 3.15. The Kier molecular flexibility index (Phi) is 5.29. The largest absolute Gasteiger partial charge is 0.343 e. The molecule has 2 aromatic heterocycles. The molecule has 1 atom stereocenters. The highest BCUT2D eigenvalue weighted by Gasteiger charge is 2.17. The lowest BCUT2D eigenvalue weighted by Gasteiger charge is -2.19. The first kappa shape index (κ1) is 17.7. The molecule has 0 radical (unpaired) electrons. The number of carbonyl (C=O) groups excluding carboxylic acids is 1. The van der Waals surface area contributed by atoms with E-state index in [-0.39, 0.29) is 11.9 Å². The summed E-state index contributed by atoms with van der Waals surface area (Å²) in [5, 5.41) is 11.6. The van der Waals surface area contributed by atoms with Crippen molar-refractivity contribution in [1.29, 1.82) is 0 Å². The molecule has 2 aromatic carbocycles. The highest BCUT2D eigenvalue weighted by Crippen LogP contribution is 2.16. The van der Waals surface area contributed by atoms with Crippen molar-refractivity contribution in [2.24, 2.45) is 0 Å². The number of nitrogens with zero attached hydrogens (tertiary/aromatic N) is 4. The van der Waals surface area contributed by atoms with E-state index in [1.54, 1.807) is 12.4 Å². The Bertz CT molecular complexity index is 1010. The van der Waals surface area contributed by atoms with Crippen molar-refractivity contribution in [2.45, 2.75) is 19.1 Å². The first-order valence-corrected chi connectivity index (χ1v) is 9.17. The zero-order chi connectivity index (χ0) is 19.2. The number of carbonyl (C=O) groups is 1. The highest BCUT2D eigenvalue weighted by molar-refractivity contribution is 5.94. The molecule has 4 rings (SSSR count). The SMILES string of the molecule is O=C(N[C@@H](Cn1cccn1)c1ccccc1)c1cccc(Cn2cccn2)c1. The van der Waals surface area contributed by atoms with Gasteiger partial charge in [0.05, 0.1) is 19.1 Å². The average Bonchev–Trinajstić information content (AvgIpc) is 3.43. The van der Waals surface area contributed by atoms with E-state index in [0.29, 0.717) is 18.7 Å². The number of aromatic nitrogens is 4. The summed E-state index contributed by atoms with van der Waals surface area (Å²) in [6, 6.07) is 21.2. The van der Waals surface area contributed by atoms with Crippen molar-refractivity contribution in [3.05, 3.63) is 108 Å². The number of benzene rings is 2. The molecule has 0 bridgehead atoms. The fraction of sp³-hybridized carbons (Fsp3) is 0.136. The van der Waals surface area contributed by atoms with Gasteiger partial charge in [-0.05, 0) is 35.4 Å². The molecule has 1 amide bonds. The first-order chi connectivity index (χ1) is 13.8. The topological polar surface area (TPSA) is 64.7 Å². The van der Waals surface area contributed by atoms with Crippen LogP contribution in [0.15, 0.2) is 91.5 Å². The fourth-order valence-electron chi connectivity index (χ4n) is 3.15. The summed E-state index contributed by atoms with van der Waals surface area (Å²) in [5.41, 5.74) is 2.70.